The first-order chi connectivity index (χ1) is 13.2. The van der Waals surface area contributed by atoms with Gasteiger partial charge < -0.3 is 14.8 Å². The van der Waals surface area contributed by atoms with Gasteiger partial charge >= 0.3 is 0 Å². The number of fused-ring (bicyclic) bond motifs is 1. The number of thiazole rings is 1. The average molecular weight is 380 g/mol. The van der Waals surface area contributed by atoms with E-state index in [9.17, 15) is 4.79 Å². The van der Waals surface area contributed by atoms with Gasteiger partial charge in [0.25, 0.3) is 5.91 Å². The van der Waals surface area contributed by atoms with Crippen molar-refractivity contribution in [2.45, 2.75) is 19.3 Å². The Morgan fingerprint density at radius 1 is 1.04 bits per heavy atom. The lowest BCUT2D eigenvalue weighted by atomic mass is 10.1. The van der Waals surface area contributed by atoms with Crippen molar-refractivity contribution in [3.05, 3.63) is 58.6 Å². The van der Waals surface area contributed by atoms with Gasteiger partial charge in [-0.25, -0.2) is 4.98 Å². The van der Waals surface area contributed by atoms with Gasteiger partial charge in [0, 0.05) is 16.6 Å². The number of hydrogen-bond acceptors (Lipinski definition) is 5. The molecule has 0 atom stereocenters. The van der Waals surface area contributed by atoms with Crippen LogP contribution in [0.15, 0.2) is 41.8 Å². The number of carbonyl (C=O) groups is 1. The van der Waals surface area contributed by atoms with Gasteiger partial charge in [-0.2, -0.15) is 0 Å². The van der Waals surface area contributed by atoms with Crippen LogP contribution in [0.3, 0.4) is 0 Å². The highest BCUT2D eigenvalue weighted by molar-refractivity contribution is 7.13. The van der Waals surface area contributed by atoms with Gasteiger partial charge in [-0.15, -0.1) is 11.3 Å². The number of carbonyl (C=O) groups excluding carboxylic acids is 1. The van der Waals surface area contributed by atoms with Gasteiger partial charge in [-0.05, 0) is 60.7 Å². The van der Waals surface area contributed by atoms with Crippen LogP contribution in [0.4, 0.5) is 5.69 Å². The third-order valence-electron chi connectivity index (χ3n) is 4.72. The highest BCUT2D eigenvalue weighted by Gasteiger charge is 2.16. The molecule has 0 spiro atoms. The molecule has 0 saturated carbocycles. The average Bonchev–Trinajstić information content (AvgIpc) is 3.36. The molecule has 27 heavy (non-hydrogen) atoms. The number of aryl methyl sites for hydroxylation is 2. The summed E-state index contributed by atoms with van der Waals surface area (Å²) in [7, 11) is 3.20. The Balaban J connectivity index is 1.53. The van der Waals surface area contributed by atoms with E-state index < -0.39 is 0 Å². The van der Waals surface area contributed by atoms with Crippen molar-refractivity contribution in [2.24, 2.45) is 0 Å². The van der Waals surface area contributed by atoms with Crippen LogP contribution >= 0.6 is 11.3 Å². The summed E-state index contributed by atoms with van der Waals surface area (Å²) in [5, 5.41) is 5.49. The number of methoxy groups -OCH3 is 2. The van der Waals surface area contributed by atoms with Crippen molar-refractivity contribution < 1.29 is 14.3 Å². The molecule has 0 saturated heterocycles. The molecular formula is C21H20N2O3S. The quantitative estimate of drug-likeness (QED) is 0.704. The van der Waals surface area contributed by atoms with Gasteiger partial charge in [0.05, 0.1) is 14.2 Å². The molecule has 0 bridgehead atoms. The first-order valence-corrected chi connectivity index (χ1v) is 9.67. The summed E-state index contributed by atoms with van der Waals surface area (Å²) in [6.07, 6.45) is 3.40. The molecule has 1 N–H and O–H groups in total. The van der Waals surface area contributed by atoms with Crippen molar-refractivity contribution in [3.8, 4) is 22.1 Å². The minimum Gasteiger partial charge on any atom is -0.493 e. The van der Waals surface area contributed by atoms with Crippen LogP contribution in [-0.2, 0) is 12.8 Å². The summed E-state index contributed by atoms with van der Waals surface area (Å²) >= 11 is 1.43. The number of anilines is 1. The van der Waals surface area contributed by atoms with Crippen LogP contribution in [0.25, 0.3) is 10.6 Å². The molecule has 6 heteroatoms. The van der Waals surface area contributed by atoms with Crippen molar-refractivity contribution >= 4 is 22.9 Å². The maximum Gasteiger partial charge on any atom is 0.275 e. The van der Waals surface area contributed by atoms with Crippen LogP contribution < -0.4 is 14.8 Å². The van der Waals surface area contributed by atoms with Crippen LogP contribution in [-0.4, -0.2) is 25.1 Å². The summed E-state index contributed by atoms with van der Waals surface area (Å²) in [5.41, 5.74) is 4.83. The number of rotatable bonds is 5. The Morgan fingerprint density at radius 2 is 1.85 bits per heavy atom. The summed E-state index contributed by atoms with van der Waals surface area (Å²) in [6.45, 7) is 0. The molecule has 138 valence electrons. The molecule has 1 aliphatic rings. The second kappa shape index (κ2) is 7.40. The largest absolute Gasteiger partial charge is 0.493 e. The fourth-order valence-electron chi connectivity index (χ4n) is 3.32. The first-order valence-electron chi connectivity index (χ1n) is 8.79. The maximum atomic E-state index is 12.6. The number of nitrogens with one attached hydrogen (secondary N) is 1. The van der Waals surface area contributed by atoms with Gasteiger partial charge in [0.2, 0.25) is 0 Å². The zero-order valence-corrected chi connectivity index (χ0v) is 16.1. The topological polar surface area (TPSA) is 60.5 Å². The van der Waals surface area contributed by atoms with E-state index in [4.69, 9.17) is 9.47 Å². The summed E-state index contributed by atoms with van der Waals surface area (Å²) in [5.74, 6) is 1.10. The van der Waals surface area contributed by atoms with Crippen molar-refractivity contribution in [1.82, 2.24) is 4.98 Å². The minimum atomic E-state index is -0.198. The van der Waals surface area contributed by atoms with Crippen molar-refractivity contribution in [1.29, 1.82) is 0 Å². The Bertz CT molecular complexity index is 997. The monoisotopic (exact) mass is 380 g/mol. The predicted octanol–water partition coefficient (Wildman–Crippen LogP) is 4.57. The molecule has 4 rings (SSSR count). The smallest absolute Gasteiger partial charge is 0.275 e. The first kappa shape index (κ1) is 17.5. The van der Waals surface area contributed by atoms with Crippen LogP contribution in [0.2, 0.25) is 0 Å². The van der Waals surface area contributed by atoms with E-state index in [1.165, 1.54) is 28.9 Å². The Hall–Kier alpha value is -2.86. The SMILES string of the molecule is COc1ccc(-c2nc(C(=O)Nc3ccc4c(c3)CCC4)cs2)cc1OC. The van der Waals surface area contributed by atoms with Gasteiger partial charge in [-0.3, -0.25) is 4.79 Å². The third-order valence-corrected chi connectivity index (χ3v) is 5.62. The zero-order chi connectivity index (χ0) is 18.8. The lowest BCUT2D eigenvalue weighted by molar-refractivity contribution is 0.102. The van der Waals surface area contributed by atoms with Crippen molar-refractivity contribution in [2.75, 3.05) is 19.5 Å². The highest BCUT2D eigenvalue weighted by Crippen LogP contribution is 2.33. The van der Waals surface area contributed by atoms with Gasteiger partial charge in [0.1, 0.15) is 10.7 Å². The molecule has 0 fully saturated rings. The number of aromatic nitrogens is 1. The van der Waals surface area contributed by atoms with Crippen LogP contribution in [0, 0.1) is 0 Å². The standard InChI is InChI=1S/C21H20N2O3S/c1-25-18-9-7-15(11-19(18)26-2)21-23-17(12-27-21)20(24)22-16-8-6-13-4-3-5-14(13)10-16/h6-12H,3-5H2,1-2H3,(H,22,24). The molecule has 0 unspecified atom stereocenters. The highest BCUT2D eigenvalue weighted by atomic mass is 32.1. The Morgan fingerprint density at radius 3 is 2.67 bits per heavy atom. The zero-order valence-electron chi connectivity index (χ0n) is 15.2. The minimum absolute atomic E-state index is 0.198. The molecular weight excluding hydrogens is 360 g/mol. The predicted molar refractivity (Wildman–Crippen MR) is 107 cm³/mol. The van der Waals surface area contributed by atoms with E-state index in [1.54, 1.807) is 19.6 Å². The summed E-state index contributed by atoms with van der Waals surface area (Å²) in [4.78, 5) is 17.1. The Labute approximate surface area is 162 Å². The van der Waals surface area contributed by atoms with E-state index >= 15 is 0 Å². The number of ether oxygens (including phenoxy) is 2. The summed E-state index contributed by atoms with van der Waals surface area (Å²) < 4.78 is 10.6. The fraction of sp³-hybridized carbons (Fsp3) is 0.238. The second-order valence-electron chi connectivity index (χ2n) is 6.40. The third kappa shape index (κ3) is 3.53. The number of nitrogens with zero attached hydrogens (tertiary/aromatic N) is 1. The molecule has 1 heterocycles. The van der Waals surface area contributed by atoms with E-state index in [0.717, 1.165) is 29.1 Å². The van der Waals surface area contributed by atoms with Crippen molar-refractivity contribution in [3.63, 3.8) is 0 Å². The van der Waals surface area contributed by atoms with Gasteiger partial charge in [-0.1, -0.05) is 6.07 Å². The molecule has 0 aliphatic heterocycles. The second-order valence-corrected chi connectivity index (χ2v) is 7.26. The molecule has 3 aromatic rings. The molecule has 1 aromatic heterocycles. The number of amides is 1. The number of benzene rings is 2. The fourth-order valence-corrected chi connectivity index (χ4v) is 4.12. The normalized spacial score (nSPS) is 12.5. The van der Waals surface area contributed by atoms with E-state index in [2.05, 4.69) is 22.4 Å². The molecule has 0 radical (unpaired) electrons. The van der Waals surface area contributed by atoms with Crippen LogP contribution in [0.1, 0.15) is 28.0 Å². The van der Waals surface area contributed by atoms with E-state index in [0.29, 0.717) is 17.2 Å². The lowest BCUT2D eigenvalue weighted by Crippen LogP contribution is -2.12. The Kier molecular flexibility index (Phi) is 4.81. The maximum absolute atomic E-state index is 12.6. The molecule has 5 nitrogen and oxygen atoms in total. The van der Waals surface area contributed by atoms with Gasteiger partial charge in [0.15, 0.2) is 11.5 Å². The number of hydrogen-bond donors (Lipinski definition) is 1. The van der Waals surface area contributed by atoms with E-state index in [-0.39, 0.29) is 5.91 Å². The van der Waals surface area contributed by atoms with Crippen LogP contribution in [0.5, 0.6) is 11.5 Å². The van der Waals surface area contributed by atoms with E-state index in [1.807, 2.05) is 24.3 Å². The molecule has 1 amide bonds. The summed E-state index contributed by atoms with van der Waals surface area (Å²) in [6, 6.07) is 11.7. The lowest BCUT2D eigenvalue weighted by Gasteiger charge is -2.08. The molecule has 1 aliphatic carbocycles. The molecule has 2 aromatic carbocycles.